The third kappa shape index (κ3) is 4.98. The lowest BCUT2D eigenvalue weighted by atomic mass is 10.1. The molecule has 0 radical (unpaired) electrons. The molecule has 0 aliphatic carbocycles. The number of nitrogen functional groups attached to an aromatic ring is 1. The van der Waals surface area contributed by atoms with Crippen LogP contribution in [0.1, 0.15) is 12.5 Å². The molecular weight excluding hydrogens is 302 g/mol. The van der Waals surface area contributed by atoms with E-state index in [2.05, 4.69) is 16.9 Å². The average molecular weight is 323 g/mol. The monoisotopic (exact) mass is 323 g/mol. The van der Waals surface area contributed by atoms with Gasteiger partial charge in [-0.25, -0.2) is 9.78 Å². The van der Waals surface area contributed by atoms with Gasteiger partial charge in [-0.05, 0) is 43.2 Å². The van der Waals surface area contributed by atoms with Gasteiger partial charge in [-0.15, -0.1) is 0 Å². The molecule has 0 fully saturated rings. The number of hydrogen-bond acceptors (Lipinski definition) is 5. The van der Waals surface area contributed by atoms with Crippen molar-refractivity contribution < 1.29 is 9.53 Å². The molecule has 24 heavy (non-hydrogen) atoms. The number of rotatable bonds is 7. The fourth-order valence-corrected chi connectivity index (χ4v) is 2.21. The van der Waals surface area contributed by atoms with Crippen molar-refractivity contribution >= 4 is 11.8 Å². The second kappa shape index (κ2) is 8.53. The Bertz CT molecular complexity index is 726. The number of anilines is 1. The summed E-state index contributed by atoms with van der Waals surface area (Å²) in [6, 6.07) is 12.6. The molecule has 2 rings (SSSR count). The largest absolute Gasteiger partial charge is 0.422 e. The third-order valence-corrected chi connectivity index (χ3v) is 3.31. The van der Waals surface area contributed by atoms with Crippen LogP contribution in [-0.4, -0.2) is 17.0 Å². The molecule has 1 unspecified atom stereocenters. The fraction of sp³-hybridized carbons (Fsp3) is 0.158. The number of aromatic nitrogens is 1. The van der Waals surface area contributed by atoms with Gasteiger partial charge in [0.05, 0.1) is 0 Å². The van der Waals surface area contributed by atoms with Crippen molar-refractivity contribution in [3.05, 3.63) is 78.7 Å². The Morgan fingerprint density at radius 3 is 2.75 bits per heavy atom. The predicted octanol–water partition coefficient (Wildman–Crippen LogP) is 2.86. The zero-order valence-electron chi connectivity index (χ0n) is 13.6. The van der Waals surface area contributed by atoms with Crippen molar-refractivity contribution in [1.29, 1.82) is 0 Å². The SMILES string of the molecule is C=C/C=C(\NC(C)Cc1cccnc1N)C(=O)Oc1ccccc1. The molecule has 1 atom stereocenters. The van der Waals surface area contributed by atoms with Crippen LogP contribution >= 0.6 is 0 Å². The van der Waals surface area contributed by atoms with Crippen molar-refractivity contribution in [1.82, 2.24) is 10.3 Å². The molecule has 0 aliphatic rings. The van der Waals surface area contributed by atoms with Gasteiger partial charge in [0, 0.05) is 12.2 Å². The molecular formula is C19H21N3O2. The molecule has 0 amide bonds. The maximum Gasteiger partial charge on any atom is 0.359 e. The first-order valence-electron chi connectivity index (χ1n) is 7.66. The zero-order chi connectivity index (χ0) is 17.4. The molecule has 0 bridgehead atoms. The number of hydrogen-bond donors (Lipinski definition) is 2. The van der Waals surface area contributed by atoms with Crippen molar-refractivity contribution in [2.45, 2.75) is 19.4 Å². The number of nitrogens with zero attached hydrogens (tertiary/aromatic N) is 1. The smallest absolute Gasteiger partial charge is 0.359 e. The van der Waals surface area contributed by atoms with Crippen molar-refractivity contribution in [2.75, 3.05) is 5.73 Å². The third-order valence-electron chi connectivity index (χ3n) is 3.31. The van der Waals surface area contributed by atoms with Crippen LogP contribution < -0.4 is 15.8 Å². The number of pyridine rings is 1. The summed E-state index contributed by atoms with van der Waals surface area (Å²) in [5.41, 5.74) is 7.12. The van der Waals surface area contributed by atoms with Crippen LogP contribution in [0.15, 0.2) is 73.1 Å². The first kappa shape index (κ1) is 17.3. The van der Waals surface area contributed by atoms with Crippen LogP contribution in [0.2, 0.25) is 0 Å². The first-order valence-corrected chi connectivity index (χ1v) is 7.66. The minimum atomic E-state index is -0.466. The van der Waals surface area contributed by atoms with Crippen LogP contribution in [0.3, 0.4) is 0 Å². The maximum absolute atomic E-state index is 12.3. The Labute approximate surface area is 141 Å². The highest BCUT2D eigenvalue weighted by Crippen LogP contribution is 2.13. The predicted molar refractivity (Wildman–Crippen MR) is 95.3 cm³/mol. The van der Waals surface area contributed by atoms with Gasteiger partial charge < -0.3 is 15.8 Å². The topological polar surface area (TPSA) is 77.2 Å². The van der Waals surface area contributed by atoms with Crippen molar-refractivity contribution in [3.8, 4) is 5.75 Å². The molecule has 0 saturated heterocycles. The molecule has 0 spiro atoms. The quantitative estimate of drug-likeness (QED) is 0.354. The average Bonchev–Trinajstić information content (AvgIpc) is 2.57. The van der Waals surface area contributed by atoms with E-state index in [1.54, 1.807) is 42.6 Å². The van der Waals surface area contributed by atoms with Gasteiger partial charge in [-0.2, -0.15) is 0 Å². The number of ether oxygens (including phenoxy) is 1. The number of para-hydroxylation sites is 1. The van der Waals surface area contributed by atoms with E-state index in [-0.39, 0.29) is 6.04 Å². The number of carbonyl (C=O) groups excluding carboxylic acids is 1. The lowest BCUT2D eigenvalue weighted by molar-refractivity contribution is -0.130. The number of allylic oxidation sites excluding steroid dienone is 2. The normalized spacial score (nSPS) is 12.3. The molecule has 1 aromatic heterocycles. The fourth-order valence-electron chi connectivity index (χ4n) is 2.21. The first-order chi connectivity index (χ1) is 11.6. The van der Waals surface area contributed by atoms with Gasteiger partial charge >= 0.3 is 5.97 Å². The van der Waals surface area contributed by atoms with E-state index < -0.39 is 5.97 Å². The highest BCUT2D eigenvalue weighted by atomic mass is 16.5. The Hall–Kier alpha value is -3.08. The molecule has 124 valence electrons. The molecule has 5 nitrogen and oxygen atoms in total. The van der Waals surface area contributed by atoms with Crippen molar-refractivity contribution in [3.63, 3.8) is 0 Å². The minimum Gasteiger partial charge on any atom is -0.422 e. The van der Waals surface area contributed by atoms with Gasteiger partial charge in [0.25, 0.3) is 0 Å². The Balaban J connectivity index is 2.02. The lowest BCUT2D eigenvalue weighted by Gasteiger charge is -2.17. The second-order valence-corrected chi connectivity index (χ2v) is 5.32. The summed E-state index contributed by atoms with van der Waals surface area (Å²) in [5, 5.41) is 3.15. The minimum absolute atomic E-state index is 0.0361. The molecule has 5 heteroatoms. The molecule has 1 aromatic carbocycles. The second-order valence-electron chi connectivity index (χ2n) is 5.32. The molecule has 0 saturated carbocycles. The maximum atomic E-state index is 12.3. The Morgan fingerprint density at radius 2 is 2.08 bits per heavy atom. The number of benzene rings is 1. The number of nitrogens with one attached hydrogen (secondary N) is 1. The Morgan fingerprint density at radius 1 is 1.33 bits per heavy atom. The summed E-state index contributed by atoms with van der Waals surface area (Å²) in [5.74, 6) is 0.516. The van der Waals surface area contributed by atoms with Crippen LogP contribution in [0.5, 0.6) is 5.75 Å². The zero-order valence-corrected chi connectivity index (χ0v) is 13.6. The molecule has 1 heterocycles. The van der Waals surface area contributed by atoms with E-state index in [0.717, 1.165) is 5.56 Å². The van der Waals surface area contributed by atoms with E-state index in [1.165, 1.54) is 0 Å². The van der Waals surface area contributed by atoms with Gasteiger partial charge in [0.1, 0.15) is 17.3 Å². The van der Waals surface area contributed by atoms with Gasteiger partial charge in [0.2, 0.25) is 0 Å². The van der Waals surface area contributed by atoms with Gasteiger partial charge in [-0.3, -0.25) is 0 Å². The van der Waals surface area contributed by atoms with Gasteiger partial charge in [0.15, 0.2) is 0 Å². The standard InChI is InChI=1S/C19H21N3O2/c1-3-8-17(19(23)24-16-10-5-4-6-11-16)22-14(2)13-15-9-7-12-21-18(15)20/h3-12,14,22H,1,13H2,2H3,(H2,20,21)/b17-8-. The summed E-state index contributed by atoms with van der Waals surface area (Å²) in [6.07, 6.45) is 5.41. The summed E-state index contributed by atoms with van der Waals surface area (Å²) in [4.78, 5) is 16.4. The lowest BCUT2D eigenvalue weighted by Crippen LogP contribution is -2.33. The van der Waals surface area contributed by atoms with E-state index >= 15 is 0 Å². The van der Waals surface area contributed by atoms with E-state index in [9.17, 15) is 4.79 Å². The highest BCUT2D eigenvalue weighted by molar-refractivity contribution is 5.89. The summed E-state index contributed by atoms with van der Waals surface area (Å²) in [7, 11) is 0. The molecule has 3 N–H and O–H groups in total. The highest BCUT2D eigenvalue weighted by Gasteiger charge is 2.15. The van der Waals surface area contributed by atoms with E-state index in [4.69, 9.17) is 10.5 Å². The van der Waals surface area contributed by atoms with Crippen LogP contribution in [0.25, 0.3) is 0 Å². The molecule has 2 aromatic rings. The number of esters is 1. The van der Waals surface area contributed by atoms with E-state index in [1.807, 2.05) is 25.1 Å². The van der Waals surface area contributed by atoms with Crippen molar-refractivity contribution in [2.24, 2.45) is 0 Å². The van der Waals surface area contributed by atoms with Crippen LogP contribution in [0, 0.1) is 0 Å². The molecule has 0 aliphatic heterocycles. The summed E-state index contributed by atoms with van der Waals surface area (Å²) >= 11 is 0. The number of nitrogens with two attached hydrogens (primary N) is 1. The van der Waals surface area contributed by atoms with Crippen LogP contribution in [0.4, 0.5) is 5.82 Å². The number of carbonyl (C=O) groups is 1. The van der Waals surface area contributed by atoms with Crippen LogP contribution in [-0.2, 0) is 11.2 Å². The van der Waals surface area contributed by atoms with E-state index in [0.29, 0.717) is 23.7 Å². The summed E-state index contributed by atoms with van der Waals surface area (Å²) in [6.45, 7) is 5.60. The summed E-state index contributed by atoms with van der Waals surface area (Å²) < 4.78 is 5.35. The van der Waals surface area contributed by atoms with Gasteiger partial charge in [-0.1, -0.05) is 36.9 Å². The Kier molecular flexibility index (Phi) is 6.14.